The predicted molar refractivity (Wildman–Crippen MR) is 78.6 cm³/mol. The largest absolute Gasteiger partial charge is 0.329 e. The summed E-state index contributed by atoms with van der Waals surface area (Å²) in [7, 11) is 0. The van der Waals surface area contributed by atoms with E-state index in [-0.39, 0.29) is 0 Å². The van der Waals surface area contributed by atoms with Crippen LogP contribution in [0.25, 0.3) is 0 Å². The van der Waals surface area contributed by atoms with Crippen LogP contribution in [-0.4, -0.2) is 23.0 Å². The normalized spacial score (nSPS) is 12.6. The van der Waals surface area contributed by atoms with Crippen LogP contribution >= 0.6 is 0 Å². The molecule has 0 amide bonds. The molecule has 1 aromatic carbocycles. The van der Waals surface area contributed by atoms with Gasteiger partial charge in [-0.25, -0.2) is 0 Å². The van der Waals surface area contributed by atoms with Gasteiger partial charge in [0.05, 0.1) is 0 Å². The predicted octanol–water partition coefficient (Wildman–Crippen LogP) is 2.60. The number of nitrogens with zero attached hydrogens (tertiary/aromatic N) is 2. The fourth-order valence-corrected chi connectivity index (χ4v) is 2.23. The Balaban J connectivity index is 2.11. The molecule has 2 N–H and O–H groups in total. The van der Waals surface area contributed by atoms with Gasteiger partial charge in [-0.2, -0.15) is 0 Å². The molecule has 0 aliphatic heterocycles. The van der Waals surface area contributed by atoms with Gasteiger partial charge in [0.1, 0.15) is 0 Å². The third kappa shape index (κ3) is 3.88. The molecule has 0 radical (unpaired) electrons. The lowest BCUT2D eigenvalue weighted by Crippen LogP contribution is -2.31. The van der Waals surface area contributed by atoms with Crippen LogP contribution in [-0.2, 0) is 6.54 Å². The first-order chi connectivity index (χ1) is 9.31. The van der Waals surface area contributed by atoms with Crippen molar-refractivity contribution in [3.05, 3.63) is 66.0 Å². The molecule has 0 saturated carbocycles. The number of pyridine rings is 1. The summed E-state index contributed by atoms with van der Waals surface area (Å²) in [5, 5.41) is 0. The molecule has 0 fully saturated rings. The van der Waals surface area contributed by atoms with Crippen LogP contribution in [0.3, 0.4) is 0 Å². The van der Waals surface area contributed by atoms with Crippen molar-refractivity contribution in [2.75, 3.05) is 13.1 Å². The minimum atomic E-state index is 0.317. The van der Waals surface area contributed by atoms with Crippen LogP contribution in [0.5, 0.6) is 0 Å². The molecule has 3 nitrogen and oxygen atoms in total. The minimum absolute atomic E-state index is 0.317. The summed E-state index contributed by atoms with van der Waals surface area (Å²) in [6, 6.07) is 14.9. The lowest BCUT2D eigenvalue weighted by molar-refractivity contribution is 0.207. The summed E-state index contributed by atoms with van der Waals surface area (Å²) in [6.45, 7) is 4.66. The standard InChI is InChI=1S/C16H21N3/c1-14(16-8-5-10-18-12-16)19(11-9-17)13-15-6-3-2-4-7-15/h2-8,10,12,14H,9,11,13,17H2,1H3. The van der Waals surface area contributed by atoms with E-state index < -0.39 is 0 Å². The fraction of sp³-hybridized carbons (Fsp3) is 0.312. The van der Waals surface area contributed by atoms with Crippen molar-refractivity contribution in [3.63, 3.8) is 0 Å². The summed E-state index contributed by atoms with van der Waals surface area (Å²) in [5.74, 6) is 0. The maximum absolute atomic E-state index is 5.74. The first-order valence-electron chi connectivity index (χ1n) is 6.69. The number of aromatic nitrogens is 1. The van der Waals surface area contributed by atoms with Crippen LogP contribution in [0.2, 0.25) is 0 Å². The van der Waals surface area contributed by atoms with Gasteiger partial charge in [-0.1, -0.05) is 36.4 Å². The second kappa shape index (κ2) is 7.02. The Hall–Kier alpha value is -1.71. The van der Waals surface area contributed by atoms with Crippen molar-refractivity contribution in [1.29, 1.82) is 0 Å². The Labute approximate surface area is 115 Å². The average Bonchev–Trinajstić information content (AvgIpc) is 2.48. The molecule has 0 aliphatic rings. The highest BCUT2D eigenvalue weighted by Crippen LogP contribution is 2.20. The summed E-state index contributed by atoms with van der Waals surface area (Å²) in [5.41, 5.74) is 8.28. The Kier molecular flexibility index (Phi) is 5.07. The number of hydrogen-bond acceptors (Lipinski definition) is 3. The average molecular weight is 255 g/mol. The van der Waals surface area contributed by atoms with Gasteiger partial charge in [0.25, 0.3) is 0 Å². The molecule has 2 aromatic rings. The highest BCUT2D eigenvalue weighted by Gasteiger charge is 2.15. The lowest BCUT2D eigenvalue weighted by atomic mass is 10.1. The van der Waals surface area contributed by atoms with Crippen LogP contribution in [0.1, 0.15) is 24.1 Å². The molecule has 0 bridgehead atoms. The number of benzene rings is 1. The quantitative estimate of drug-likeness (QED) is 0.862. The van der Waals surface area contributed by atoms with Gasteiger partial charge in [0.15, 0.2) is 0 Å². The first-order valence-corrected chi connectivity index (χ1v) is 6.69. The summed E-state index contributed by atoms with van der Waals surface area (Å²) in [4.78, 5) is 6.58. The van der Waals surface area contributed by atoms with Gasteiger partial charge in [-0.15, -0.1) is 0 Å². The van der Waals surface area contributed by atoms with E-state index in [4.69, 9.17) is 5.73 Å². The van der Waals surface area contributed by atoms with Crippen LogP contribution in [0.15, 0.2) is 54.9 Å². The zero-order valence-corrected chi connectivity index (χ0v) is 11.4. The SMILES string of the molecule is CC(c1cccnc1)N(CCN)Cc1ccccc1. The number of nitrogens with two attached hydrogens (primary N) is 1. The van der Waals surface area contributed by atoms with Crippen molar-refractivity contribution in [1.82, 2.24) is 9.88 Å². The zero-order valence-electron chi connectivity index (χ0n) is 11.4. The molecule has 0 saturated heterocycles. The smallest absolute Gasteiger partial charge is 0.0339 e. The Morgan fingerprint density at radius 2 is 1.95 bits per heavy atom. The van der Waals surface area contributed by atoms with E-state index in [0.29, 0.717) is 12.6 Å². The van der Waals surface area contributed by atoms with Gasteiger partial charge in [-0.05, 0) is 24.1 Å². The Bertz CT molecular complexity index is 470. The number of rotatable bonds is 6. The van der Waals surface area contributed by atoms with E-state index in [1.807, 2.05) is 18.3 Å². The van der Waals surface area contributed by atoms with Gasteiger partial charge in [-0.3, -0.25) is 9.88 Å². The molecule has 1 aromatic heterocycles. The second-order valence-electron chi connectivity index (χ2n) is 4.71. The van der Waals surface area contributed by atoms with E-state index in [2.05, 4.69) is 47.1 Å². The van der Waals surface area contributed by atoms with Crippen molar-refractivity contribution in [2.24, 2.45) is 5.73 Å². The van der Waals surface area contributed by atoms with Crippen molar-refractivity contribution in [3.8, 4) is 0 Å². The topological polar surface area (TPSA) is 42.2 Å². The molecule has 1 heterocycles. The lowest BCUT2D eigenvalue weighted by Gasteiger charge is -2.28. The van der Waals surface area contributed by atoms with Crippen LogP contribution in [0.4, 0.5) is 0 Å². The third-order valence-corrected chi connectivity index (χ3v) is 3.36. The molecule has 1 unspecified atom stereocenters. The molecule has 100 valence electrons. The Morgan fingerprint density at radius 1 is 1.16 bits per heavy atom. The molecular formula is C16H21N3. The van der Waals surface area contributed by atoms with E-state index >= 15 is 0 Å². The molecule has 0 spiro atoms. The van der Waals surface area contributed by atoms with Crippen molar-refractivity contribution >= 4 is 0 Å². The first kappa shape index (κ1) is 13.7. The second-order valence-corrected chi connectivity index (χ2v) is 4.71. The van der Waals surface area contributed by atoms with Gasteiger partial charge in [0, 0.05) is 38.1 Å². The molecule has 0 aliphatic carbocycles. The monoisotopic (exact) mass is 255 g/mol. The van der Waals surface area contributed by atoms with Crippen LogP contribution in [0, 0.1) is 0 Å². The maximum Gasteiger partial charge on any atom is 0.0339 e. The third-order valence-electron chi connectivity index (χ3n) is 3.36. The maximum atomic E-state index is 5.74. The highest BCUT2D eigenvalue weighted by atomic mass is 15.2. The van der Waals surface area contributed by atoms with E-state index in [9.17, 15) is 0 Å². The fourth-order valence-electron chi connectivity index (χ4n) is 2.23. The highest BCUT2D eigenvalue weighted by molar-refractivity contribution is 5.17. The van der Waals surface area contributed by atoms with E-state index in [1.54, 1.807) is 6.20 Å². The van der Waals surface area contributed by atoms with Crippen molar-refractivity contribution < 1.29 is 0 Å². The molecule has 19 heavy (non-hydrogen) atoms. The minimum Gasteiger partial charge on any atom is -0.329 e. The van der Waals surface area contributed by atoms with Crippen LogP contribution < -0.4 is 5.73 Å². The molecular weight excluding hydrogens is 234 g/mol. The number of hydrogen-bond donors (Lipinski definition) is 1. The van der Waals surface area contributed by atoms with Gasteiger partial charge >= 0.3 is 0 Å². The summed E-state index contributed by atoms with van der Waals surface area (Å²) >= 11 is 0. The Morgan fingerprint density at radius 3 is 2.58 bits per heavy atom. The molecule has 3 heteroatoms. The summed E-state index contributed by atoms with van der Waals surface area (Å²) in [6.07, 6.45) is 3.74. The molecule has 2 rings (SSSR count). The van der Waals surface area contributed by atoms with Gasteiger partial charge < -0.3 is 5.73 Å². The van der Waals surface area contributed by atoms with Gasteiger partial charge in [0.2, 0.25) is 0 Å². The zero-order chi connectivity index (χ0) is 13.5. The van der Waals surface area contributed by atoms with E-state index in [1.165, 1.54) is 11.1 Å². The van der Waals surface area contributed by atoms with E-state index in [0.717, 1.165) is 13.1 Å². The molecule has 1 atom stereocenters. The van der Waals surface area contributed by atoms with Crippen molar-refractivity contribution in [2.45, 2.75) is 19.5 Å². The summed E-state index contributed by atoms with van der Waals surface area (Å²) < 4.78 is 0.